The number of rotatable bonds is 9. The number of Topliss-reactive ketones (excluding diaryl/α,β-unsaturated/α-hetero) is 1. The van der Waals surface area contributed by atoms with Crippen molar-refractivity contribution < 1.29 is 14.3 Å². The van der Waals surface area contributed by atoms with Crippen LogP contribution < -0.4 is 0 Å². The van der Waals surface area contributed by atoms with E-state index in [1.54, 1.807) is 11.8 Å². The van der Waals surface area contributed by atoms with E-state index in [1.165, 1.54) is 6.20 Å². The molecule has 0 aliphatic carbocycles. The molecule has 1 heterocycles. The first-order valence-electron chi connectivity index (χ1n) is 6.02. The highest BCUT2D eigenvalue weighted by Crippen LogP contribution is 2.15. The standard InChI is InChI=1S/C12H20ClN3O3/c1-15(2)4-5-16-12(10(13)8-14-16)11(17)9-19-7-6-18-3/h8H,4-7,9H2,1-3H3. The molecule has 19 heavy (non-hydrogen) atoms. The fourth-order valence-electron chi connectivity index (χ4n) is 1.48. The van der Waals surface area contributed by atoms with Crippen molar-refractivity contribution in [3.63, 3.8) is 0 Å². The first-order chi connectivity index (χ1) is 9.06. The molecule has 108 valence electrons. The van der Waals surface area contributed by atoms with E-state index in [4.69, 9.17) is 21.1 Å². The lowest BCUT2D eigenvalue weighted by Crippen LogP contribution is -2.23. The van der Waals surface area contributed by atoms with Crippen LogP contribution in [0.4, 0.5) is 0 Å². The Balaban J connectivity index is 2.59. The van der Waals surface area contributed by atoms with Crippen molar-refractivity contribution in [1.82, 2.24) is 14.7 Å². The topological polar surface area (TPSA) is 56.6 Å². The van der Waals surface area contributed by atoms with Crippen molar-refractivity contribution in [1.29, 1.82) is 0 Å². The van der Waals surface area contributed by atoms with Gasteiger partial charge in [-0.25, -0.2) is 0 Å². The SMILES string of the molecule is COCCOCC(=O)c1c(Cl)cnn1CCN(C)C. The van der Waals surface area contributed by atoms with E-state index in [-0.39, 0.29) is 12.4 Å². The van der Waals surface area contributed by atoms with Gasteiger partial charge in [-0.3, -0.25) is 9.48 Å². The minimum atomic E-state index is -0.169. The summed E-state index contributed by atoms with van der Waals surface area (Å²) < 4.78 is 11.7. The van der Waals surface area contributed by atoms with Gasteiger partial charge in [0, 0.05) is 13.7 Å². The maximum atomic E-state index is 12.0. The van der Waals surface area contributed by atoms with Crippen LogP contribution in [0.25, 0.3) is 0 Å². The second-order valence-electron chi connectivity index (χ2n) is 4.34. The highest BCUT2D eigenvalue weighted by molar-refractivity contribution is 6.33. The predicted octanol–water partition coefficient (Wildman–Crippen LogP) is 0.944. The first-order valence-corrected chi connectivity index (χ1v) is 6.40. The third-order valence-corrected chi connectivity index (χ3v) is 2.76. The molecule has 0 unspecified atom stereocenters. The fraction of sp³-hybridized carbons (Fsp3) is 0.667. The highest BCUT2D eigenvalue weighted by Gasteiger charge is 2.17. The number of nitrogens with zero attached hydrogens (tertiary/aromatic N) is 3. The minimum absolute atomic E-state index is 0.0171. The first kappa shape index (κ1) is 16.1. The lowest BCUT2D eigenvalue weighted by Gasteiger charge is -2.11. The van der Waals surface area contributed by atoms with Crippen molar-refractivity contribution in [3.05, 3.63) is 16.9 Å². The van der Waals surface area contributed by atoms with E-state index in [9.17, 15) is 4.79 Å². The smallest absolute Gasteiger partial charge is 0.207 e. The molecule has 0 fully saturated rings. The number of methoxy groups -OCH3 is 1. The molecule has 0 atom stereocenters. The quantitative estimate of drug-likeness (QED) is 0.500. The monoisotopic (exact) mass is 289 g/mol. The molecule has 0 saturated carbocycles. The van der Waals surface area contributed by atoms with Gasteiger partial charge in [0.25, 0.3) is 0 Å². The number of likely N-dealkylation sites (N-methyl/N-ethyl adjacent to an activating group) is 1. The summed E-state index contributed by atoms with van der Waals surface area (Å²) in [6.07, 6.45) is 1.49. The van der Waals surface area contributed by atoms with Crippen LogP contribution in [0, 0.1) is 0 Å². The Morgan fingerprint density at radius 2 is 2.21 bits per heavy atom. The summed E-state index contributed by atoms with van der Waals surface area (Å²) in [4.78, 5) is 14.0. The molecule has 6 nitrogen and oxygen atoms in total. The van der Waals surface area contributed by atoms with Crippen LogP contribution in [-0.4, -0.2) is 68.0 Å². The van der Waals surface area contributed by atoms with Crippen LogP contribution in [0.5, 0.6) is 0 Å². The second-order valence-corrected chi connectivity index (χ2v) is 4.74. The molecular weight excluding hydrogens is 270 g/mol. The number of ether oxygens (including phenoxy) is 2. The van der Waals surface area contributed by atoms with Gasteiger partial charge in [0.1, 0.15) is 12.3 Å². The largest absolute Gasteiger partial charge is 0.382 e. The lowest BCUT2D eigenvalue weighted by atomic mass is 10.3. The van der Waals surface area contributed by atoms with Crippen molar-refractivity contribution in [3.8, 4) is 0 Å². The fourth-order valence-corrected chi connectivity index (χ4v) is 1.73. The van der Waals surface area contributed by atoms with E-state index in [0.717, 1.165) is 6.54 Å². The molecule has 7 heteroatoms. The van der Waals surface area contributed by atoms with Gasteiger partial charge in [-0.15, -0.1) is 0 Å². The van der Waals surface area contributed by atoms with Crippen LogP contribution in [-0.2, 0) is 16.0 Å². The molecule has 1 aromatic heterocycles. The van der Waals surface area contributed by atoms with Crippen molar-refractivity contribution in [2.45, 2.75) is 6.54 Å². The van der Waals surface area contributed by atoms with E-state index < -0.39 is 0 Å². The summed E-state index contributed by atoms with van der Waals surface area (Å²) in [5, 5.41) is 4.47. The molecule has 0 bridgehead atoms. The van der Waals surface area contributed by atoms with Gasteiger partial charge in [-0.1, -0.05) is 11.6 Å². The number of aromatic nitrogens is 2. The Hall–Kier alpha value is -0.950. The van der Waals surface area contributed by atoms with Gasteiger partial charge in [0.2, 0.25) is 5.78 Å². The molecule has 0 aliphatic heterocycles. The molecule has 0 spiro atoms. The van der Waals surface area contributed by atoms with Crippen LogP contribution in [0.15, 0.2) is 6.20 Å². The van der Waals surface area contributed by atoms with E-state index in [0.29, 0.717) is 30.5 Å². The summed E-state index contributed by atoms with van der Waals surface area (Å²) in [7, 11) is 5.50. The van der Waals surface area contributed by atoms with Gasteiger partial charge in [-0.2, -0.15) is 5.10 Å². The summed E-state index contributed by atoms with van der Waals surface area (Å²) in [6, 6.07) is 0. The molecule has 0 saturated heterocycles. The molecule has 0 radical (unpaired) electrons. The number of halogens is 1. The van der Waals surface area contributed by atoms with Gasteiger partial charge in [0.05, 0.1) is 31.0 Å². The normalized spacial score (nSPS) is 11.2. The minimum Gasteiger partial charge on any atom is -0.382 e. The van der Waals surface area contributed by atoms with Gasteiger partial charge >= 0.3 is 0 Å². The average Bonchev–Trinajstić information content (AvgIpc) is 2.73. The second kappa shape index (κ2) is 8.27. The van der Waals surface area contributed by atoms with Crippen LogP contribution in [0.1, 0.15) is 10.5 Å². The number of ketones is 1. The Kier molecular flexibility index (Phi) is 7.01. The third kappa shape index (κ3) is 5.28. The zero-order chi connectivity index (χ0) is 14.3. The number of hydrogen-bond donors (Lipinski definition) is 0. The molecule has 1 aromatic rings. The molecule has 1 rings (SSSR count). The molecular formula is C12H20ClN3O3. The van der Waals surface area contributed by atoms with Crippen molar-refractivity contribution in [2.75, 3.05) is 47.6 Å². The molecule has 0 N–H and O–H groups in total. The lowest BCUT2D eigenvalue weighted by molar-refractivity contribution is 0.0569. The van der Waals surface area contributed by atoms with Crippen LogP contribution in [0.2, 0.25) is 5.02 Å². The Morgan fingerprint density at radius 3 is 2.84 bits per heavy atom. The van der Waals surface area contributed by atoms with Gasteiger partial charge < -0.3 is 14.4 Å². The van der Waals surface area contributed by atoms with Gasteiger partial charge in [-0.05, 0) is 14.1 Å². The molecule has 0 amide bonds. The number of hydrogen-bond acceptors (Lipinski definition) is 5. The van der Waals surface area contributed by atoms with E-state index in [2.05, 4.69) is 5.10 Å². The Bertz CT molecular complexity index is 407. The average molecular weight is 290 g/mol. The Labute approximate surface area is 118 Å². The van der Waals surface area contributed by atoms with Crippen molar-refractivity contribution in [2.24, 2.45) is 0 Å². The Morgan fingerprint density at radius 1 is 1.47 bits per heavy atom. The van der Waals surface area contributed by atoms with Crippen LogP contribution >= 0.6 is 11.6 Å². The highest BCUT2D eigenvalue weighted by atomic mass is 35.5. The number of carbonyl (C=O) groups is 1. The van der Waals surface area contributed by atoms with Crippen LogP contribution in [0.3, 0.4) is 0 Å². The summed E-state index contributed by atoms with van der Waals surface area (Å²) in [5.74, 6) is -0.169. The summed E-state index contributed by atoms with van der Waals surface area (Å²) in [6.45, 7) is 2.21. The third-order valence-electron chi connectivity index (χ3n) is 2.48. The molecule has 0 aliphatic rings. The maximum absolute atomic E-state index is 12.0. The predicted molar refractivity (Wildman–Crippen MR) is 72.8 cm³/mol. The van der Waals surface area contributed by atoms with E-state index >= 15 is 0 Å². The zero-order valence-electron chi connectivity index (χ0n) is 11.6. The van der Waals surface area contributed by atoms with Gasteiger partial charge in [0.15, 0.2) is 0 Å². The number of carbonyl (C=O) groups excluding carboxylic acids is 1. The zero-order valence-corrected chi connectivity index (χ0v) is 12.3. The maximum Gasteiger partial charge on any atom is 0.207 e. The van der Waals surface area contributed by atoms with E-state index in [1.807, 2.05) is 19.0 Å². The van der Waals surface area contributed by atoms with Crippen molar-refractivity contribution >= 4 is 17.4 Å². The summed E-state index contributed by atoms with van der Waals surface area (Å²) in [5.41, 5.74) is 0.404. The summed E-state index contributed by atoms with van der Waals surface area (Å²) >= 11 is 6.00. The molecule has 0 aromatic carbocycles.